The van der Waals surface area contributed by atoms with Gasteiger partial charge in [0, 0.05) is 19.1 Å². The van der Waals surface area contributed by atoms with Crippen LogP contribution in [0.25, 0.3) is 0 Å². The Kier molecular flexibility index (Phi) is 5.69. The predicted molar refractivity (Wildman–Crippen MR) is 93.8 cm³/mol. The van der Waals surface area contributed by atoms with Gasteiger partial charge in [0.1, 0.15) is 0 Å². The minimum atomic E-state index is 0.270. The third-order valence-electron chi connectivity index (χ3n) is 3.04. The van der Waals surface area contributed by atoms with E-state index in [-0.39, 0.29) is 6.04 Å². The summed E-state index contributed by atoms with van der Waals surface area (Å²) in [6.07, 6.45) is 0.952. The third-order valence-corrected chi connectivity index (χ3v) is 4.68. The Balaban J connectivity index is 2.22. The van der Waals surface area contributed by atoms with Gasteiger partial charge in [0.2, 0.25) is 0 Å². The molecule has 19 heavy (non-hydrogen) atoms. The van der Waals surface area contributed by atoms with Gasteiger partial charge in [0.25, 0.3) is 0 Å². The zero-order chi connectivity index (χ0) is 13.8. The minimum absolute atomic E-state index is 0.270. The quantitative estimate of drug-likeness (QED) is 0.631. The Morgan fingerprint density at radius 3 is 2.47 bits per heavy atom. The summed E-state index contributed by atoms with van der Waals surface area (Å²) in [5, 5.41) is 4.12. The molecule has 0 aliphatic heterocycles. The number of likely N-dealkylation sites (N-methyl/N-ethyl adjacent to an activating group) is 1. The number of hydrogen-bond acceptors (Lipinski definition) is 1. The van der Waals surface area contributed by atoms with Gasteiger partial charge in [-0.1, -0.05) is 45.7 Å². The van der Waals surface area contributed by atoms with Crippen LogP contribution in [0.1, 0.15) is 17.2 Å². The van der Waals surface area contributed by atoms with Gasteiger partial charge in [0.05, 0.1) is 0 Å². The zero-order valence-corrected chi connectivity index (χ0v) is 15.0. The van der Waals surface area contributed by atoms with Crippen molar-refractivity contribution in [1.29, 1.82) is 0 Å². The molecule has 0 aliphatic rings. The van der Waals surface area contributed by atoms with E-state index in [9.17, 15) is 0 Å². The molecule has 2 aromatic rings. The third kappa shape index (κ3) is 4.18. The van der Waals surface area contributed by atoms with Crippen molar-refractivity contribution in [3.63, 3.8) is 0 Å². The van der Waals surface area contributed by atoms with Crippen molar-refractivity contribution in [2.75, 3.05) is 7.05 Å². The van der Waals surface area contributed by atoms with Crippen LogP contribution in [0, 0.1) is 3.57 Å². The molecule has 2 aromatic carbocycles. The lowest BCUT2D eigenvalue weighted by molar-refractivity contribution is 0.590. The summed E-state index contributed by atoms with van der Waals surface area (Å²) in [5.41, 5.74) is 2.55. The van der Waals surface area contributed by atoms with Crippen LogP contribution >= 0.6 is 50.1 Å². The van der Waals surface area contributed by atoms with Crippen LogP contribution in [0.4, 0.5) is 0 Å². The number of halogens is 3. The lowest BCUT2D eigenvalue weighted by Crippen LogP contribution is -2.19. The van der Waals surface area contributed by atoms with Crippen LogP contribution in [0.2, 0.25) is 5.02 Å². The molecule has 0 saturated heterocycles. The fourth-order valence-corrected chi connectivity index (χ4v) is 3.33. The second kappa shape index (κ2) is 7.07. The van der Waals surface area contributed by atoms with Crippen molar-refractivity contribution in [3.05, 3.63) is 66.7 Å². The summed E-state index contributed by atoms with van der Waals surface area (Å²) >= 11 is 11.9. The predicted octanol–water partition coefficient (Wildman–Crippen LogP) is 5.21. The van der Waals surface area contributed by atoms with Crippen molar-refractivity contribution in [3.8, 4) is 0 Å². The standard InChI is InChI=1S/C15H14BrClIN/c1-19-15(8-10-2-5-12(18)6-3-10)13-7-4-11(17)9-14(13)16/h2-7,9,15,19H,8H2,1H3. The minimum Gasteiger partial charge on any atom is -0.313 e. The lowest BCUT2D eigenvalue weighted by Gasteiger charge is -2.18. The van der Waals surface area contributed by atoms with E-state index in [0.717, 1.165) is 15.9 Å². The summed E-state index contributed by atoms with van der Waals surface area (Å²) in [5.74, 6) is 0. The molecule has 2 rings (SSSR count). The molecular weight excluding hydrogens is 436 g/mol. The van der Waals surface area contributed by atoms with Gasteiger partial charge in [-0.15, -0.1) is 0 Å². The van der Waals surface area contributed by atoms with Crippen LogP contribution in [-0.2, 0) is 6.42 Å². The SMILES string of the molecule is CNC(Cc1ccc(I)cc1)c1ccc(Cl)cc1Br. The van der Waals surface area contributed by atoms with Gasteiger partial charge in [-0.25, -0.2) is 0 Å². The van der Waals surface area contributed by atoms with Crippen molar-refractivity contribution in [2.45, 2.75) is 12.5 Å². The Hall–Kier alpha value is -0.100. The van der Waals surface area contributed by atoms with E-state index < -0.39 is 0 Å². The van der Waals surface area contributed by atoms with E-state index in [1.165, 1.54) is 14.7 Å². The van der Waals surface area contributed by atoms with Crippen LogP contribution in [0.5, 0.6) is 0 Å². The average molecular weight is 451 g/mol. The summed E-state index contributed by atoms with van der Waals surface area (Å²) < 4.78 is 2.31. The molecule has 0 radical (unpaired) electrons. The van der Waals surface area contributed by atoms with Gasteiger partial charge in [0.15, 0.2) is 0 Å². The molecule has 100 valence electrons. The molecule has 1 nitrogen and oxygen atoms in total. The second-order valence-electron chi connectivity index (χ2n) is 4.34. The summed E-state index contributed by atoms with van der Waals surface area (Å²) in [7, 11) is 1.98. The van der Waals surface area contributed by atoms with E-state index in [1.807, 2.05) is 19.2 Å². The first-order valence-corrected chi connectivity index (χ1v) is 8.22. The molecule has 0 amide bonds. The van der Waals surface area contributed by atoms with Crippen molar-refractivity contribution in [2.24, 2.45) is 0 Å². The first kappa shape index (κ1) is 15.3. The number of hydrogen-bond donors (Lipinski definition) is 1. The van der Waals surface area contributed by atoms with E-state index in [0.29, 0.717) is 0 Å². The number of benzene rings is 2. The van der Waals surface area contributed by atoms with Crippen molar-refractivity contribution >= 4 is 50.1 Å². The maximum atomic E-state index is 5.99. The highest BCUT2D eigenvalue weighted by Crippen LogP contribution is 2.28. The molecule has 0 bridgehead atoms. The number of nitrogens with one attached hydrogen (secondary N) is 1. The molecule has 0 fully saturated rings. The van der Waals surface area contributed by atoms with Gasteiger partial charge in [-0.3, -0.25) is 0 Å². The largest absolute Gasteiger partial charge is 0.313 e. The molecule has 0 heterocycles. The highest BCUT2D eigenvalue weighted by atomic mass is 127. The van der Waals surface area contributed by atoms with Crippen LogP contribution in [0.15, 0.2) is 46.9 Å². The van der Waals surface area contributed by atoms with Crippen LogP contribution in [0.3, 0.4) is 0 Å². The molecular formula is C15H14BrClIN. The Morgan fingerprint density at radius 2 is 1.89 bits per heavy atom. The van der Waals surface area contributed by atoms with E-state index in [4.69, 9.17) is 11.6 Å². The van der Waals surface area contributed by atoms with Gasteiger partial charge in [-0.2, -0.15) is 0 Å². The van der Waals surface area contributed by atoms with Gasteiger partial charge >= 0.3 is 0 Å². The van der Waals surface area contributed by atoms with E-state index in [1.54, 1.807) is 0 Å². The highest BCUT2D eigenvalue weighted by Gasteiger charge is 2.13. The highest BCUT2D eigenvalue weighted by molar-refractivity contribution is 14.1. The lowest BCUT2D eigenvalue weighted by atomic mass is 9.99. The number of rotatable bonds is 4. The first-order chi connectivity index (χ1) is 9.10. The van der Waals surface area contributed by atoms with Gasteiger partial charge < -0.3 is 5.32 Å². The average Bonchev–Trinajstić information content (AvgIpc) is 2.39. The molecule has 1 atom stereocenters. The summed E-state index contributed by atoms with van der Waals surface area (Å²) in [6.45, 7) is 0. The van der Waals surface area contributed by atoms with Crippen LogP contribution < -0.4 is 5.32 Å². The fourth-order valence-electron chi connectivity index (χ4n) is 2.01. The van der Waals surface area contributed by atoms with Gasteiger partial charge in [-0.05, 0) is 71.5 Å². The fraction of sp³-hybridized carbons (Fsp3) is 0.200. The molecule has 1 unspecified atom stereocenters. The van der Waals surface area contributed by atoms with E-state index >= 15 is 0 Å². The molecule has 4 heteroatoms. The smallest absolute Gasteiger partial charge is 0.0417 e. The molecule has 0 aromatic heterocycles. The van der Waals surface area contributed by atoms with Crippen LogP contribution in [-0.4, -0.2) is 7.05 Å². The molecule has 1 N–H and O–H groups in total. The summed E-state index contributed by atoms with van der Waals surface area (Å²) in [4.78, 5) is 0. The van der Waals surface area contributed by atoms with Crippen molar-refractivity contribution in [1.82, 2.24) is 5.32 Å². The molecule has 0 aliphatic carbocycles. The molecule has 0 saturated carbocycles. The maximum absolute atomic E-state index is 5.99. The second-order valence-corrected chi connectivity index (χ2v) is 6.87. The van der Waals surface area contributed by atoms with E-state index in [2.05, 4.69) is 74.2 Å². The normalized spacial score (nSPS) is 12.4. The topological polar surface area (TPSA) is 12.0 Å². The van der Waals surface area contributed by atoms with Crippen molar-refractivity contribution < 1.29 is 0 Å². The Labute approximate surface area is 141 Å². The maximum Gasteiger partial charge on any atom is 0.0417 e. The summed E-state index contributed by atoms with van der Waals surface area (Å²) in [6, 6.07) is 14.8. The Bertz CT molecular complexity index is 557. The Morgan fingerprint density at radius 1 is 1.21 bits per heavy atom. The zero-order valence-electron chi connectivity index (χ0n) is 10.5. The monoisotopic (exact) mass is 449 g/mol. The first-order valence-electron chi connectivity index (χ1n) is 5.97. The molecule has 0 spiro atoms.